The molecule has 5 aromatic rings. The predicted molar refractivity (Wildman–Crippen MR) is 151 cm³/mol. The lowest BCUT2D eigenvalue weighted by atomic mass is 9.91. The van der Waals surface area contributed by atoms with Crippen LogP contribution in [0.2, 0.25) is 0 Å². The van der Waals surface area contributed by atoms with E-state index in [1.54, 1.807) is 12.1 Å². The second-order valence-corrected chi connectivity index (χ2v) is 12.1. The number of fused-ring (bicyclic) bond motifs is 4. The van der Waals surface area contributed by atoms with E-state index in [1.807, 2.05) is 18.2 Å². The minimum atomic E-state index is -4.95. The van der Waals surface area contributed by atoms with Gasteiger partial charge in [-0.25, -0.2) is 0 Å². The van der Waals surface area contributed by atoms with Crippen LogP contribution in [0.4, 0.5) is 3.89 Å². The molecule has 4 heterocycles. The number of aromatic amines is 1. The lowest BCUT2D eigenvalue weighted by molar-refractivity contribution is 0.0715. The number of benzene rings is 2. The summed E-state index contributed by atoms with van der Waals surface area (Å²) in [6.07, 6.45) is 4.61. The molecule has 0 unspecified atom stereocenters. The number of hydrogen-bond acceptors (Lipinski definition) is 6. The summed E-state index contributed by atoms with van der Waals surface area (Å²) < 4.78 is 45.1. The molecule has 204 valence electrons. The maximum Gasteiger partial charge on any atom is 0.333 e. The average Bonchev–Trinajstić information content (AvgIpc) is 3.31. The number of ether oxygens (including phenoxy) is 1. The first-order valence-electron chi connectivity index (χ1n) is 13.2. The Morgan fingerprint density at radius 1 is 1.15 bits per heavy atom. The molecule has 0 amide bonds. The molecule has 0 radical (unpaired) electrons. The van der Waals surface area contributed by atoms with Gasteiger partial charge in [-0.3, -0.25) is 9.78 Å². The summed E-state index contributed by atoms with van der Waals surface area (Å²) in [4.78, 5) is 21.1. The van der Waals surface area contributed by atoms with E-state index in [0.29, 0.717) is 63.8 Å². The van der Waals surface area contributed by atoms with Crippen molar-refractivity contribution in [1.29, 1.82) is 5.26 Å². The Balaban J connectivity index is 1.75. The van der Waals surface area contributed by atoms with Gasteiger partial charge in [0.1, 0.15) is 10.5 Å². The number of nitrogens with one attached hydrogen (secondary N) is 1. The van der Waals surface area contributed by atoms with Crippen molar-refractivity contribution in [1.82, 2.24) is 14.5 Å². The quantitative estimate of drug-likeness (QED) is 0.273. The number of aromatic nitrogens is 3. The molecule has 1 saturated heterocycles. The molecule has 2 aromatic carbocycles. The highest BCUT2D eigenvalue weighted by atomic mass is 32.3. The third-order valence-corrected chi connectivity index (χ3v) is 8.38. The Kier molecular flexibility index (Phi) is 6.44. The van der Waals surface area contributed by atoms with Gasteiger partial charge >= 0.3 is 10.2 Å². The van der Waals surface area contributed by atoms with Crippen LogP contribution in [-0.4, -0.2) is 36.2 Å². The van der Waals surface area contributed by atoms with Gasteiger partial charge in [-0.1, -0.05) is 19.9 Å². The summed E-state index contributed by atoms with van der Waals surface area (Å²) in [6, 6.07) is 12.5. The van der Waals surface area contributed by atoms with Crippen LogP contribution in [0.5, 0.6) is 0 Å². The monoisotopic (exact) mass is 558 g/mol. The Morgan fingerprint density at radius 2 is 1.93 bits per heavy atom. The maximum atomic E-state index is 14.2. The fourth-order valence-electron chi connectivity index (χ4n) is 5.83. The summed E-state index contributed by atoms with van der Waals surface area (Å²) in [5.74, 6) is 0.233. The van der Waals surface area contributed by atoms with E-state index in [9.17, 15) is 22.4 Å². The van der Waals surface area contributed by atoms with Crippen molar-refractivity contribution in [2.45, 2.75) is 44.0 Å². The van der Waals surface area contributed by atoms with Gasteiger partial charge in [0.2, 0.25) is 0 Å². The first-order valence-corrected chi connectivity index (χ1v) is 14.6. The molecule has 1 aliphatic rings. The SMILES string of the molecule is CC(C)Cc1cc2c(=O)c3c4ccc(C#N)cc4[nH]c3n(C3CCOCC3)c2cc1-c1cncc(S(=O)(=O)F)c1. The van der Waals surface area contributed by atoms with Crippen molar-refractivity contribution in [3.63, 3.8) is 0 Å². The van der Waals surface area contributed by atoms with Gasteiger partial charge in [0, 0.05) is 53.5 Å². The van der Waals surface area contributed by atoms with Gasteiger partial charge in [0.15, 0.2) is 5.43 Å². The smallest absolute Gasteiger partial charge is 0.333 e. The lowest BCUT2D eigenvalue weighted by Gasteiger charge is -2.28. The first-order chi connectivity index (χ1) is 19.2. The highest BCUT2D eigenvalue weighted by Gasteiger charge is 2.25. The molecular formula is C30H27FN4O4S. The van der Waals surface area contributed by atoms with Crippen LogP contribution >= 0.6 is 0 Å². The van der Waals surface area contributed by atoms with Crippen molar-refractivity contribution in [3.8, 4) is 17.2 Å². The molecule has 8 nitrogen and oxygen atoms in total. The molecular weight excluding hydrogens is 531 g/mol. The summed E-state index contributed by atoms with van der Waals surface area (Å²) in [6.45, 7) is 5.28. The van der Waals surface area contributed by atoms with Gasteiger partial charge in [-0.2, -0.15) is 13.7 Å². The lowest BCUT2D eigenvalue weighted by Crippen LogP contribution is -2.23. The second kappa shape index (κ2) is 9.84. The zero-order valence-corrected chi connectivity index (χ0v) is 22.9. The molecule has 1 aliphatic heterocycles. The third kappa shape index (κ3) is 4.45. The minimum absolute atomic E-state index is 0.0299. The van der Waals surface area contributed by atoms with Crippen LogP contribution in [0.3, 0.4) is 0 Å². The zero-order valence-electron chi connectivity index (χ0n) is 22.1. The average molecular weight is 559 g/mol. The molecule has 1 N–H and O–H groups in total. The molecule has 0 spiro atoms. The van der Waals surface area contributed by atoms with Crippen LogP contribution in [0, 0.1) is 17.2 Å². The predicted octanol–water partition coefficient (Wildman–Crippen LogP) is 5.78. The highest BCUT2D eigenvalue weighted by molar-refractivity contribution is 7.86. The Hall–Kier alpha value is -4.07. The van der Waals surface area contributed by atoms with Crippen molar-refractivity contribution in [3.05, 3.63) is 70.1 Å². The number of pyridine rings is 2. The van der Waals surface area contributed by atoms with E-state index in [0.717, 1.165) is 30.0 Å². The van der Waals surface area contributed by atoms with Crippen molar-refractivity contribution < 1.29 is 17.0 Å². The van der Waals surface area contributed by atoms with Crippen molar-refractivity contribution in [2.24, 2.45) is 5.92 Å². The summed E-state index contributed by atoms with van der Waals surface area (Å²) in [7, 11) is -4.95. The second-order valence-electron chi connectivity index (χ2n) is 10.7. The van der Waals surface area contributed by atoms with Gasteiger partial charge < -0.3 is 14.3 Å². The molecule has 10 heteroatoms. The highest BCUT2D eigenvalue weighted by Crippen LogP contribution is 2.37. The summed E-state index contributed by atoms with van der Waals surface area (Å²) in [5.41, 5.74) is 4.42. The Morgan fingerprint density at radius 3 is 2.62 bits per heavy atom. The molecule has 0 atom stereocenters. The number of hydrogen-bond donors (Lipinski definition) is 1. The molecule has 40 heavy (non-hydrogen) atoms. The maximum absolute atomic E-state index is 14.2. The number of halogens is 1. The molecule has 1 fully saturated rings. The summed E-state index contributed by atoms with van der Waals surface area (Å²) >= 11 is 0. The van der Waals surface area contributed by atoms with E-state index in [1.165, 1.54) is 12.3 Å². The van der Waals surface area contributed by atoms with Crippen LogP contribution in [0.15, 0.2) is 58.5 Å². The minimum Gasteiger partial charge on any atom is -0.381 e. The van der Waals surface area contributed by atoms with Gasteiger partial charge in [-0.05, 0) is 66.6 Å². The zero-order chi connectivity index (χ0) is 28.2. The fourth-order valence-corrected chi connectivity index (χ4v) is 6.29. The fraction of sp³-hybridized carbons (Fsp3) is 0.300. The number of H-pyrrole nitrogens is 1. The number of nitriles is 1. The topological polar surface area (TPSA) is 118 Å². The molecule has 0 aliphatic carbocycles. The van der Waals surface area contributed by atoms with E-state index in [4.69, 9.17) is 4.74 Å². The molecule has 3 aromatic heterocycles. The standard InChI is InChI=1S/C30H27FN4O4S/c1-17(2)9-19-12-25-27(13-24(19)20-11-22(16-33-15-20)40(31,37)38)35(21-5-7-39-8-6-21)30-28(29(25)36)23-4-3-18(14-32)10-26(23)34-30/h3-4,10-13,15-17,21,34H,5-9H2,1-2H3. The van der Waals surface area contributed by atoms with E-state index < -0.39 is 15.1 Å². The first kappa shape index (κ1) is 26.2. The third-order valence-electron chi connectivity index (χ3n) is 7.59. The normalized spacial score (nSPS) is 14.9. The Labute approximate surface area is 230 Å². The van der Waals surface area contributed by atoms with Crippen LogP contribution in [0.25, 0.3) is 44.0 Å². The Bertz CT molecular complexity index is 2020. The number of nitrogens with zero attached hydrogens (tertiary/aromatic N) is 3. The van der Waals surface area contributed by atoms with Gasteiger partial charge in [-0.15, -0.1) is 3.89 Å². The van der Waals surface area contributed by atoms with Crippen LogP contribution in [0.1, 0.15) is 43.9 Å². The van der Waals surface area contributed by atoms with Crippen molar-refractivity contribution in [2.75, 3.05) is 13.2 Å². The molecule has 0 saturated carbocycles. The van der Waals surface area contributed by atoms with Crippen LogP contribution < -0.4 is 5.43 Å². The summed E-state index contributed by atoms with van der Waals surface area (Å²) in [5, 5.41) is 11.3. The van der Waals surface area contributed by atoms with E-state index in [-0.39, 0.29) is 17.4 Å². The molecule has 6 rings (SSSR count). The largest absolute Gasteiger partial charge is 0.381 e. The van der Waals surface area contributed by atoms with E-state index in [2.05, 4.69) is 34.5 Å². The molecule has 0 bridgehead atoms. The van der Waals surface area contributed by atoms with Gasteiger partial charge in [0.25, 0.3) is 0 Å². The van der Waals surface area contributed by atoms with Gasteiger partial charge in [0.05, 0.1) is 22.5 Å². The number of rotatable bonds is 5. The van der Waals surface area contributed by atoms with Crippen molar-refractivity contribution >= 4 is 43.1 Å². The van der Waals surface area contributed by atoms with E-state index >= 15 is 0 Å². The van der Waals surface area contributed by atoms with Crippen LogP contribution in [-0.2, 0) is 21.4 Å².